The topological polar surface area (TPSA) is 80.5 Å². The number of nitrogens with one attached hydrogen (secondary N) is 2. The van der Waals surface area contributed by atoms with Crippen molar-refractivity contribution in [2.45, 2.75) is 44.8 Å². The highest BCUT2D eigenvalue weighted by molar-refractivity contribution is 7.14. The number of benzene rings is 1. The van der Waals surface area contributed by atoms with Crippen molar-refractivity contribution in [3.05, 3.63) is 41.7 Å². The van der Waals surface area contributed by atoms with Gasteiger partial charge in [-0.05, 0) is 44.7 Å². The van der Waals surface area contributed by atoms with Crippen molar-refractivity contribution in [3.63, 3.8) is 0 Å². The van der Waals surface area contributed by atoms with E-state index in [9.17, 15) is 4.79 Å². The summed E-state index contributed by atoms with van der Waals surface area (Å²) in [4.78, 5) is 17.6. The Hall–Kier alpha value is -2.61. The Morgan fingerprint density at radius 1 is 1.38 bits per heavy atom. The number of aromatic nitrogens is 3. The second-order valence-corrected chi connectivity index (χ2v) is 7.32. The van der Waals surface area contributed by atoms with E-state index in [0.717, 1.165) is 29.2 Å². The van der Waals surface area contributed by atoms with E-state index < -0.39 is 0 Å². The van der Waals surface area contributed by atoms with Crippen LogP contribution in [0.15, 0.2) is 36.0 Å². The zero-order valence-corrected chi connectivity index (χ0v) is 15.3. The molecule has 0 aliphatic heterocycles. The molecule has 1 saturated carbocycles. The van der Waals surface area contributed by atoms with Crippen molar-refractivity contribution in [1.82, 2.24) is 19.9 Å². The van der Waals surface area contributed by atoms with Crippen LogP contribution in [0, 0.1) is 0 Å². The Bertz CT molecular complexity index is 871. The standard InChI is InChI=1S/C18H21N5O2S/c1-12(16-10-23-18(22-16)26-11-19-23)20-17(24)21-13-5-4-8-15(9-13)25-14-6-2-3-7-14/h4-5,8-12,14H,2-3,6-7H2,1H3,(H2,20,21,24). The van der Waals surface area contributed by atoms with Crippen LogP contribution in [0.2, 0.25) is 0 Å². The number of rotatable bonds is 5. The molecule has 26 heavy (non-hydrogen) atoms. The molecule has 136 valence electrons. The van der Waals surface area contributed by atoms with Gasteiger partial charge in [-0.15, -0.1) is 0 Å². The van der Waals surface area contributed by atoms with E-state index in [1.54, 1.807) is 10.0 Å². The Kier molecular flexibility index (Phi) is 4.75. The summed E-state index contributed by atoms with van der Waals surface area (Å²) < 4.78 is 7.69. The first-order chi connectivity index (χ1) is 12.7. The number of carbonyl (C=O) groups is 1. The summed E-state index contributed by atoms with van der Waals surface area (Å²) in [5, 5.41) is 9.91. The molecule has 0 spiro atoms. The van der Waals surface area contributed by atoms with Crippen molar-refractivity contribution in [3.8, 4) is 5.75 Å². The minimum atomic E-state index is -0.278. The number of anilines is 1. The summed E-state index contributed by atoms with van der Waals surface area (Å²) in [7, 11) is 0. The van der Waals surface area contributed by atoms with Gasteiger partial charge in [0.05, 0.1) is 24.0 Å². The first-order valence-electron chi connectivity index (χ1n) is 8.80. The number of amides is 2. The zero-order chi connectivity index (χ0) is 17.9. The fraction of sp³-hybridized carbons (Fsp3) is 0.389. The van der Waals surface area contributed by atoms with Crippen LogP contribution in [-0.2, 0) is 0 Å². The van der Waals surface area contributed by atoms with Crippen LogP contribution in [0.4, 0.5) is 10.5 Å². The third-order valence-corrected chi connectivity index (χ3v) is 5.18. The molecule has 2 aromatic heterocycles. The van der Waals surface area contributed by atoms with Crippen molar-refractivity contribution >= 4 is 28.0 Å². The van der Waals surface area contributed by atoms with Gasteiger partial charge < -0.3 is 15.4 Å². The molecule has 3 aromatic rings. The van der Waals surface area contributed by atoms with Gasteiger partial charge in [-0.25, -0.2) is 14.3 Å². The third-order valence-electron chi connectivity index (χ3n) is 4.49. The van der Waals surface area contributed by atoms with E-state index in [2.05, 4.69) is 20.7 Å². The Balaban J connectivity index is 1.35. The van der Waals surface area contributed by atoms with Gasteiger partial charge in [0, 0.05) is 11.8 Å². The maximum Gasteiger partial charge on any atom is 0.319 e. The lowest BCUT2D eigenvalue weighted by atomic mass is 10.2. The predicted molar refractivity (Wildman–Crippen MR) is 101 cm³/mol. The van der Waals surface area contributed by atoms with Gasteiger partial charge in [0.1, 0.15) is 11.3 Å². The van der Waals surface area contributed by atoms with Gasteiger partial charge in [-0.3, -0.25) is 0 Å². The number of urea groups is 1. The van der Waals surface area contributed by atoms with E-state index in [-0.39, 0.29) is 12.1 Å². The summed E-state index contributed by atoms with van der Waals surface area (Å²) >= 11 is 1.46. The smallest absolute Gasteiger partial charge is 0.319 e. The maximum atomic E-state index is 12.3. The van der Waals surface area contributed by atoms with Crippen molar-refractivity contribution < 1.29 is 9.53 Å². The largest absolute Gasteiger partial charge is 0.490 e. The summed E-state index contributed by atoms with van der Waals surface area (Å²) in [6.45, 7) is 1.89. The third kappa shape index (κ3) is 3.80. The van der Waals surface area contributed by atoms with E-state index in [1.807, 2.05) is 37.4 Å². The number of ether oxygens (including phenoxy) is 1. The molecule has 2 N–H and O–H groups in total. The normalized spacial score (nSPS) is 15.9. The van der Waals surface area contributed by atoms with Gasteiger partial charge in [0.25, 0.3) is 0 Å². The highest BCUT2D eigenvalue weighted by Crippen LogP contribution is 2.25. The summed E-state index contributed by atoms with van der Waals surface area (Å²) in [6, 6.07) is 7.02. The molecular weight excluding hydrogens is 350 g/mol. The fourth-order valence-electron chi connectivity index (χ4n) is 3.15. The second-order valence-electron chi connectivity index (χ2n) is 6.50. The Morgan fingerprint density at radius 2 is 2.23 bits per heavy atom. The molecule has 0 bridgehead atoms. The van der Waals surface area contributed by atoms with Gasteiger partial charge in [0.2, 0.25) is 4.96 Å². The van der Waals surface area contributed by atoms with Gasteiger partial charge in [0.15, 0.2) is 0 Å². The number of nitrogens with zero attached hydrogens (tertiary/aromatic N) is 3. The molecule has 1 fully saturated rings. The average Bonchev–Trinajstić information content (AvgIpc) is 3.31. The molecule has 4 rings (SSSR count). The van der Waals surface area contributed by atoms with Crippen LogP contribution in [0.1, 0.15) is 44.3 Å². The van der Waals surface area contributed by atoms with Crippen molar-refractivity contribution in [1.29, 1.82) is 0 Å². The zero-order valence-electron chi connectivity index (χ0n) is 14.5. The van der Waals surface area contributed by atoms with Crippen LogP contribution < -0.4 is 15.4 Å². The number of hydrogen-bond acceptors (Lipinski definition) is 5. The van der Waals surface area contributed by atoms with Gasteiger partial charge in [-0.1, -0.05) is 17.4 Å². The molecule has 1 aromatic carbocycles. The second kappa shape index (κ2) is 7.33. The monoisotopic (exact) mass is 371 g/mol. The summed E-state index contributed by atoms with van der Waals surface area (Å²) in [5.74, 6) is 0.795. The molecule has 1 aliphatic carbocycles. The quantitative estimate of drug-likeness (QED) is 0.710. The van der Waals surface area contributed by atoms with Crippen LogP contribution in [-0.4, -0.2) is 26.7 Å². The lowest BCUT2D eigenvalue weighted by molar-refractivity contribution is 0.210. The molecule has 2 heterocycles. The van der Waals surface area contributed by atoms with Crippen LogP contribution in [0.25, 0.3) is 4.96 Å². The molecule has 2 amide bonds. The van der Waals surface area contributed by atoms with E-state index in [1.165, 1.54) is 24.2 Å². The number of fused-ring (bicyclic) bond motifs is 1. The minimum Gasteiger partial charge on any atom is -0.490 e. The first kappa shape index (κ1) is 16.8. The number of carbonyl (C=O) groups excluding carboxylic acids is 1. The lowest BCUT2D eigenvalue weighted by Gasteiger charge is -2.15. The molecule has 0 radical (unpaired) electrons. The highest BCUT2D eigenvalue weighted by atomic mass is 32.1. The van der Waals surface area contributed by atoms with E-state index >= 15 is 0 Å². The van der Waals surface area contributed by atoms with Crippen molar-refractivity contribution in [2.24, 2.45) is 0 Å². The SMILES string of the molecule is CC(NC(=O)Nc1cccc(OC2CCCC2)c1)c1cn2ncsc2n1. The van der Waals surface area contributed by atoms with E-state index in [0.29, 0.717) is 11.8 Å². The molecule has 8 heteroatoms. The highest BCUT2D eigenvalue weighted by Gasteiger charge is 2.17. The molecule has 1 unspecified atom stereocenters. The van der Waals surface area contributed by atoms with Crippen LogP contribution in [0.3, 0.4) is 0 Å². The first-order valence-corrected chi connectivity index (χ1v) is 9.68. The summed E-state index contributed by atoms with van der Waals surface area (Å²) in [5.41, 5.74) is 3.22. The maximum absolute atomic E-state index is 12.3. The number of hydrogen-bond donors (Lipinski definition) is 2. The van der Waals surface area contributed by atoms with Gasteiger partial charge >= 0.3 is 6.03 Å². The summed E-state index contributed by atoms with van der Waals surface area (Å²) in [6.07, 6.45) is 6.78. The molecule has 1 aliphatic rings. The minimum absolute atomic E-state index is 0.221. The fourth-order valence-corrected chi connectivity index (χ4v) is 3.76. The Labute approximate surface area is 155 Å². The van der Waals surface area contributed by atoms with Crippen LogP contribution in [0.5, 0.6) is 5.75 Å². The number of imidazole rings is 1. The van der Waals surface area contributed by atoms with E-state index in [4.69, 9.17) is 4.74 Å². The predicted octanol–water partition coefficient (Wildman–Crippen LogP) is 3.99. The molecular formula is C18H21N5O2S. The Morgan fingerprint density at radius 3 is 3.04 bits per heavy atom. The lowest BCUT2D eigenvalue weighted by Crippen LogP contribution is -2.31. The van der Waals surface area contributed by atoms with Crippen LogP contribution >= 0.6 is 11.3 Å². The molecule has 1 atom stereocenters. The average molecular weight is 371 g/mol. The van der Waals surface area contributed by atoms with Crippen molar-refractivity contribution in [2.75, 3.05) is 5.32 Å². The molecule has 7 nitrogen and oxygen atoms in total. The molecule has 0 saturated heterocycles. The van der Waals surface area contributed by atoms with Gasteiger partial charge in [-0.2, -0.15) is 5.10 Å².